The lowest BCUT2D eigenvalue weighted by Gasteiger charge is -2.25. The highest BCUT2D eigenvalue weighted by Crippen LogP contribution is 2.29. The van der Waals surface area contributed by atoms with Gasteiger partial charge in [0, 0.05) is 19.6 Å². The molecule has 32 heavy (non-hydrogen) atoms. The molecule has 0 spiro atoms. The molecule has 1 aliphatic heterocycles. The van der Waals surface area contributed by atoms with Crippen LogP contribution in [0, 0.1) is 5.92 Å². The third kappa shape index (κ3) is 5.95. The number of ether oxygens (including phenoxy) is 1. The molecule has 4 rings (SSSR count). The summed E-state index contributed by atoms with van der Waals surface area (Å²) in [5.74, 6) is 0.749. The molecule has 1 saturated carbocycles. The van der Waals surface area contributed by atoms with Gasteiger partial charge in [-0.2, -0.15) is 0 Å². The topological polar surface area (TPSA) is 80.8 Å². The molecular weight excluding hydrogens is 441 g/mol. The number of pyridine rings is 1. The zero-order valence-electron chi connectivity index (χ0n) is 17.2. The molecule has 1 aromatic carbocycles. The van der Waals surface area contributed by atoms with Crippen molar-refractivity contribution in [3.8, 4) is 5.75 Å². The van der Waals surface area contributed by atoms with Gasteiger partial charge in [-0.3, -0.25) is 4.99 Å². The van der Waals surface area contributed by atoms with Crippen LogP contribution in [0.15, 0.2) is 58.4 Å². The summed E-state index contributed by atoms with van der Waals surface area (Å²) in [6, 6.07) is 10.7. The first kappa shape index (κ1) is 22.5. The van der Waals surface area contributed by atoms with E-state index in [4.69, 9.17) is 5.73 Å². The SMILES string of the molecule is NC(=NCC1CC1)c1cccc(C2=CCN(S(=O)c3ccc(OC(F)(F)F)cc3)CC2)n1. The monoisotopic (exact) mass is 464 g/mol. The van der Waals surface area contributed by atoms with E-state index in [-0.39, 0.29) is 5.75 Å². The van der Waals surface area contributed by atoms with Gasteiger partial charge >= 0.3 is 6.36 Å². The highest BCUT2D eigenvalue weighted by atomic mass is 32.2. The Morgan fingerprint density at radius 3 is 2.59 bits per heavy atom. The number of amidine groups is 1. The molecule has 1 aromatic heterocycles. The van der Waals surface area contributed by atoms with Gasteiger partial charge in [-0.05, 0) is 67.2 Å². The maximum Gasteiger partial charge on any atom is 0.573 e. The summed E-state index contributed by atoms with van der Waals surface area (Å²) in [4.78, 5) is 9.48. The molecule has 6 nitrogen and oxygen atoms in total. The van der Waals surface area contributed by atoms with Crippen molar-refractivity contribution in [1.82, 2.24) is 9.29 Å². The Kier molecular flexibility index (Phi) is 6.61. The molecular formula is C22H23F3N4O2S. The van der Waals surface area contributed by atoms with Gasteiger partial charge in [-0.1, -0.05) is 12.1 Å². The van der Waals surface area contributed by atoms with E-state index in [0.29, 0.717) is 41.9 Å². The van der Waals surface area contributed by atoms with E-state index in [1.165, 1.54) is 25.0 Å². The van der Waals surface area contributed by atoms with E-state index >= 15 is 0 Å². The summed E-state index contributed by atoms with van der Waals surface area (Å²) >= 11 is 0. The number of alkyl halides is 3. The van der Waals surface area contributed by atoms with E-state index in [2.05, 4.69) is 14.7 Å². The fourth-order valence-electron chi connectivity index (χ4n) is 3.31. The molecule has 10 heteroatoms. The first-order valence-electron chi connectivity index (χ1n) is 10.3. The molecule has 0 radical (unpaired) electrons. The van der Waals surface area contributed by atoms with Crippen LogP contribution in [0.4, 0.5) is 13.2 Å². The minimum Gasteiger partial charge on any atom is -0.406 e. The van der Waals surface area contributed by atoms with Crippen molar-refractivity contribution in [1.29, 1.82) is 0 Å². The number of halogens is 3. The van der Waals surface area contributed by atoms with Crippen LogP contribution in [0.2, 0.25) is 0 Å². The molecule has 2 aromatic rings. The van der Waals surface area contributed by atoms with Gasteiger partial charge < -0.3 is 10.5 Å². The second kappa shape index (κ2) is 9.41. The zero-order chi connectivity index (χ0) is 22.7. The lowest BCUT2D eigenvalue weighted by molar-refractivity contribution is -0.274. The highest BCUT2D eigenvalue weighted by Gasteiger charge is 2.31. The minimum atomic E-state index is -4.76. The Balaban J connectivity index is 1.39. The predicted molar refractivity (Wildman–Crippen MR) is 116 cm³/mol. The number of nitrogens with two attached hydrogens (primary N) is 1. The van der Waals surface area contributed by atoms with Crippen LogP contribution in [0.5, 0.6) is 5.75 Å². The van der Waals surface area contributed by atoms with Gasteiger partial charge in [-0.15, -0.1) is 13.2 Å². The lowest BCUT2D eigenvalue weighted by Crippen LogP contribution is -2.30. The fourth-order valence-corrected chi connectivity index (χ4v) is 4.44. The summed E-state index contributed by atoms with van der Waals surface area (Å²) in [6.07, 6.45) is 0.261. The van der Waals surface area contributed by atoms with Gasteiger partial charge in [0.1, 0.15) is 28.3 Å². The van der Waals surface area contributed by atoms with E-state index in [9.17, 15) is 17.4 Å². The molecule has 0 saturated heterocycles. The van der Waals surface area contributed by atoms with Crippen LogP contribution in [0.1, 0.15) is 30.7 Å². The van der Waals surface area contributed by atoms with Crippen molar-refractivity contribution < 1.29 is 22.1 Å². The van der Waals surface area contributed by atoms with E-state index in [1.54, 1.807) is 4.31 Å². The van der Waals surface area contributed by atoms with Gasteiger partial charge in [0.05, 0.1) is 10.6 Å². The fraction of sp³-hybridized carbons (Fsp3) is 0.364. The quantitative estimate of drug-likeness (QED) is 0.498. The zero-order valence-corrected chi connectivity index (χ0v) is 18.0. The summed E-state index contributed by atoms with van der Waals surface area (Å²) in [5, 5.41) is 0. The standard InChI is InChI=1S/C22H23F3N4O2S/c23-22(24,25)31-17-6-8-18(9-7-17)32(30)29-12-10-16(11-13-29)19-2-1-3-20(28-19)21(26)27-14-15-4-5-15/h1-3,6-10,15H,4-5,11-14H2,(H2,26,27). The number of hydrogen-bond donors (Lipinski definition) is 1. The van der Waals surface area contributed by atoms with Crippen LogP contribution in [0.3, 0.4) is 0 Å². The van der Waals surface area contributed by atoms with Crippen molar-refractivity contribution in [2.75, 3.05) is 19.6 Å². The normalized spacial score (nSPS) is 18.8. The van der Waals surface area contributed by atoms with Crippen LogP contribution in [-0.2, 0) is 11.0 Å². The molecule has 2 aliphatic rings. The second-order valence-corrected chi connectivity index (χ2v) is 9.20. The number of aromatic nitrogens is 1. The number of rotatable bonds is 7. The highest BCUT2D eigenvalue weighted by molar-refractivity contribution is 7.82. The van der Waals surface area contributed by atoms with Crippen molar-refractivity contribution in [3.05, 3.63) is 59.9 Å². The summed E-state index contributed by atoms with van der Waals surface area (Å²) in [6.45, 7) is 1.70. The van der Waals surface area contributed by atoms with E-state index in [1.807, 2.05) is 24.3 Å². The average Bonchev–Trinajstić information content (AvgIpc) is 3.61. The Bertz CT molecular complexity index is 1050. The molecule has 1 atom stereocenters. The Hall–Kier alpha value is -2.72. The molecule has 1 unspecified atom stereocenters. The average molecular weight is 465 g/mol. The first-order chi connectivity index (χ1) is 15.3. The third-order valence-electron chi connectivity index (χ3n) is 5.22. The minimum absolute atomic E-state index is 0.343. The molecule has 0 amide bonds. The summed E-state index contributed by atoms with van der Waals surface area (Å²) < 4.78 is 55.3. The van der Waals surface area contributed by atoms with Crippen molar-refractivity contribution in [2.45, 2.75) is 30.5 Å². The van der Waals surface area contributed by atoms with Crippen molar-refractivity contribution in [2.24, 2.45) is 16.6 Å². The molecule has 2 N–H and O–H groups in total. The summed E-state index contributed by atoms with van der Waals surface area (Å²) in [5.41, 5.74) is 8.58. The van der Waals surface area contributed by atoms with E-state index in [0.717, 1.165) is 29.9 Å². The molecule has 1 aliphatic carbocycles. The maximum absolute atomic E-state index is 12.8. The van der Waals surface area contributed by atoms with E-state index < -0.39 is 17.3 Å². The third-order valence-corrected chi connectivity index (χ3v) is 6.70. The van der Waals surface area contributed by atoms with Crippen LogP contribution < -0.4 is 10.5 Å². The second-order valence-electron chi connectivity index (χ2n) is 7.71. The van der Waals surface area contributed by atoms with Crippen molar-refractivity contribution >= 4 is 22.4 Å². The first-order valence-corrected chi connectivity index (χ1v) is 11.4. The number of nitrogens with zero attached hydrogens (tertiary/aromatic N) is 3. The maximum atomic E-state index is 12.8. The number of benzene rings is 1. The van der Waals surface area contributed by atoms with Crippen LogP contribution >= 0.6 is 0 Å². The summed E-state index contributed by atoms with van der Waals surface area (Å²) in [7, 11) is -1.49. The van der Waals surface area contributed by atoms with Gasteiger partial charge in [0.25, 0.3) is 0 Å². The number of aliphatic imine (C=N–C) groups is 1. The Morgan fingerprint density at radius 1 is 1.22 bits per heavy atom. The molecule has 170 valence electrons. The van der Waals surface area contributed by atoms with Crippen LogP contribution in [0.25, 0.3) is 5.57 Å². The van der Waals surface area contributed by atoms with Gasteiger partial charge in [0.15, 0.2) is 0 Å². The lowest BCUT2D eigenvalue weighted by atomic mass is 10.1. The van der Waals surface area contributed by atoms with Gasteiger partial charge in [0.2, 0.25) is 0 Å². The largest absolute Gasteiger partial charge is 0.573 e. The number of hydrogen-bond acceptors (Lipinski definition) is 4. The molecule has 1 fully saturated rings. The predicted octanol–water partition coefficient (Wildman–Crippen LogP) is 3.91. The Labute approximate surface area is 186 Å². The Morgan fingerprint density at radius 2 is 1.97 bits per heavy atom. The smallest absolute Gasteiger partial charge is 0.406 e. The van der Waals surface area contributed by atoms with Crippen molar-refractivity contribution in [3.63, 3.8) is 0 Å². The molecule has 0 bridgehead atoms. The van der Waals surface area contributed by atoms with Gasteiger partial charge in [-0.25, -0.2) is 13.5 Å². The molecule has 2 heterocycles. The van der Waals surface area contributed by atoms with Crippen LogP contribution in [-0.4, -0.2) is 45.3 Å².